The molecule has 0 radical (unpaired) electrons. The Morgan fingerprint density at radius 2 is 2.00 bits per heavy atom. The van der Waals surface area contributed by atoms with Gasteiger partial charge in [0.1, 0.15) is 5.78 Å². The lowest BCUT2D eigenvalue weighted by atomic mass is 9.93. The average Bonchev–Trinajstić information content (AvgIpc) is 2.18. The van der Waals surface area contributed by atoms with Gasteiger partial charge in [-0.3, -0.25) is 9.69 Å². The topological polar surface area (TPSA) is 20.3 Å². The molecule has 0 aliphatic carbocycles. The number of piperidine rings is 1. The Bertz CT molecular complexity index is 264. The molecule has 2 heteroatoms. The number of ketones is 1. The molecule has 84 valence electrons. The van der Waals surface area contributed by atoms with Crippen molar-refractivity contribution in [3.05, 3.63) is 0 Å². The van der Waals surface area contributed by atoms with E-state index in [0.717, 1.165) is 32.5 Å². The predicted molar refractivity (Wildman–Crippen MR) is 62.5 cm³/mol. The minimum Gasteiger partial charge on any atom is -0.300 e. The standard InChI is InChI=1S/C13H21NO/c1-11(2)5-4-8-14-9-6-13(7-10-14)12(3)15/h11,13H,6-10H2,1-3H3. The van der Waals surface area contributed by atoms with Gasteiger partial charge in [0.25, 0.3) is 0 Å². The van der Waals surface area contributed by atoms with Crippen molar-refractivity contribution in [1.82, 2.24) is 4.90 Å². The first kappa shape index (κ1) is 12.3. The number of carbonyl (C=O) groups is 1. The molecule has 2 nitrogen and oxygen atoms in total. The Balaban J connectivity index is 2.27. The minimum atomic E-state index is 0.305. The largest absolute Gasteiger partial charge is 0.300 e. The molecule has 1 rings (SSSR count). The van der Waals surface area contributed by atoms with Gasteiger partial charge in [-0.25, -0.2) is 0 Å². The summed E-state index contributed by atoms with van der Waals surface area (Å²) in [4.78, 5) is 13.5. The molecule has 0 saturated carbocycles. The quantitative estimate of drug-likeness (QED) is 0.645. The van der Waals surface area contributed by atoms with Crippen molar-refractivity contribution in [2.45, 2.75) is 33.6 Å². The molecule has 1 saturated heterocycles. The van der Waals surface area contributed by atoms with Crippen LogP contribution in [0, 0.1) is 23.7 Å². The lowest BCUT2D eigenvalue weighted by molar-refractivity contribution is -0.122. The number of carbonyl (C=O) groups excluding carboxylic acids is 1. The van der Waals surface area contributed by atoms with E-state index in [1.54, 1.807) is 6.92 Å². The summed E-state index contributed by atoms with van der Waals surface area (Å²) in [6.07, 6.45) is 2.03. The van der Waals surface area contributed by atoms with Crippen LogP contribution >= 0.6 is 0 Å². The van der Waals surface area contributed by atoms with E-state index in [4.69, 9.17) is 0 Å². The van der Waals surface area contributed by atoms with Crippen LogP contribution < -0.4 is 0 Å². The van der Waals surface area contributed by atoms with Crippen LogP contribution in [0.1, 0.15) is 33.6 Å². The number of hydrogen-bond acceptors (Lipinski definition) is 2. The van der Waals surface area contributed by atoms with Crippen molar-refractivity contribution in [3.63, 3.8) is 0 Å². The maximum absolute atomic E-state index is 11.2. The molecule has 1 heterocycles. The van der Waals surface area contributed by atoms with Crippen molar-refractivity contribution in [3.8, 4) is 11.8 Å². The maximum atomic E-state index is 11.2. The second kappa shape index (κ2) is 5.92. The lowest BCUT2D eigenvalue weighted by Gasteiger charge is -2.29. The summed E-state index contributed by atoms with van der Waals surface area (Å²) in [6, 6.07) is 0. The molecule has 0 atom stereocenters. The molecule has 15 heavy (non-hydrogen) atoms. The van der Waals surface area contributed by atoms with Gasteiger partial charge in [0.15, 0.2) is 0 Å². The molecular formula is C13H21NO. The summed E-state index contributed by atoms with van der Waals surface area (Å²) >= 11 is 0. The molecule has 0 unspecified atom stereocenters. The summed E-state index contributed by atoms with van der Waals surface area (Å²) < 4.78 is 0. The van der Waals surface area contributed by atoms with Gasteiger partial charge in [-0.15, -0.1) is 0 Å². The monoisotopic (exact) mass is 207 g/mol. The fourth-order valence-electron chi connectivity index (χ4n) is 1.86. The molecular weight excluding hydrogens is 186 g/mol. The number of Topliss-reactive ketones (excluding diaryl/α,β-unsaturated/α-hetero) is 1. The van der Waals surface area contributed by atoms with Crippen molar-refractivity contribution in [2.24, 2.45) is 11.8 Å². The summed E-state index contributed by atoms with van der Waals surface area (Å²) in [7, 11) is 0. The maximum Gasteiger partial charge on any atom is 0.133 e. The van der Waals surface area contributed by atoms with Crippen LogP contribution in [0.5, 0.6) is 0 Å². The smallest absolute Gasteiger partial charge is 0.133 e. The SMILES string of the molecule is CC(=O)C1CCN(CC#CC(C)C)CC1. The fourth-order valence-corrected chi connectivity index (χ4v) is 1.86. The van der Waals surface area contributed by atoms with Crippen molar-refractivity contribution >= 4 is 5.78 Å². The van der Waals surface area contributed by atoms with E-state index in [0.29, 0.717) is 17.6 Å². The van der Waals surface area contributed by atoms with E-state index in [9.17, 15) is 4.79 Å². The minimum absolute atomic E-state index is 0.305. The average molecular weight is 207 g/mol. The Labute approximate surface area is 93.0 Å². The lowest BCUT2D eigenvalue weighted by Crippen LogP contribution is -2.35. The summed E-state index contributed by atoms with van der Waals surface area (Å²) in [5.41, 5.74) is 0. The number of likely N-dealkylation sites (tertiary alicyclic amines) is 1. The highest BCUT2D eigenvalue weighted by Gasteiger charge is 2.21. The van der Waals surface area contributed by atoms with E-state index in [1.165, 1.54) is 0 Å². The van der Waals surface area contributed by atoms with E-state index < -0.39 is 0 Å². The van der Waals surface area contributed by atoms with Crippen molar-refractivity contribution in [1.29, 1.82) is 0 Å². The van der Waals surface area contributed by atoms with Crippen LogP contribution in [0.2, 0.25) is 0 Å². The van der Waals surface area contributed by atoms with Gasteiger partial charge in [-0.1, -0.05) is 25.7 Å². The van der Waals surface area contributed by atoms with Crippen LogP contribution in [0.3, 0.4) is 0 Å². The van der Waals surface area contributed by atoms with Gasteiger partial charge in [-0.2, -0.15) is 0 Å². The molecule has 0 aromatic heterocycles. The molecule has 0 aromatic carbocycles. The Morgan fingerprint density at radius 3 is 2.47 bits per heavy atom. The number of hydrogen-bond donors (Lipinski definition) is 0. The van der Waals surface area contributed by atoms with Crippen molar-refractivity contribution in [2.75, 3.05) is 19.6 Å². The van der Waals surface area contributed by atoms with Gasteiger partial charge in [0.2, 0.25) is 0 Å². The van der Waals surface area contributed by atoms with Crippen LogP contribution in [0.25, 0.3) is 0 Å². The fraction of sp³-hybridized carbons (Fsp3) is 0.769. The van der Waals surface area contributed by atoms with E-state index in [-0.39, 0.29) is 0 Å². The third-order valence-corrected chi connectivity index (χ3v) is 2.86. The molecule has 0 aromatic rings. The highest BCUT2D eigenvalue weighted by Crippen LogP contribution is 2.17. The van der Waals surface area contributed by atoms with E-state index >= 15 is 0 Å². The predicted octanol–water partition coefficient (Wildman–Crippen LogP) is 1.95. The zero-order chi connectivity index (χ0) is 11.3. The Kier molecular flexibility index (Phi) is 4.84. The molecule has 1 fully saturated rings. The molecule has 0 N–H and O–H groups in total. The molecule has 0 amide bonds. The normalized spacial score (nSPS) is 18.7. The Hall–Kier alpha value is -0.810. The van der Waals surface area contributed by atoms with Crippen LogP contribution in [-0.2, 0) is 4.79 Å². The first-order chi connectivity index (χ1) is 7.09. The molecule has 1 aliphatic heterocycles. The van der Waals surface area contributed by atoms with Crippen LogP contribution in [0.15, 0.2) is 0 Å². The van der Waals surface area contributed by atoms with E-state index in [2.05, 4.69) is 30.6 Å². The summed E-state index contributed by atoms with van der Waals surface area (Å²) in [6.45, 7) is 8.83. The highest BCUT2D eigenvalue weighted by atomic mass is 16.1. The van der Waals surface area contributed by atoms with Gasteiger partial charge >= 0.3 is 0 Å². The molecule has 1 aliphatic rings. The van der Waals surface area contributed by atoms with Gasteiger partial charge in [0, 0.05) is 11.8 Å². The Morgan fingerprint density at radius 1 is 1.40 bits per heavy atom. The molecule has 0 spiro atoms. The highest BCUT2D eigenvalue weighted by molar-refractivity contribution is 5.78. The second-order valence-corrected chi connectivity index (χ2v) is 4.64. The number of rotatable bonds is 2. The molecule has 0 bridgehead atoms. The first-order valence-electron chi connectivity index (χ1n) is 5.80. The van der Waals surface area contributed by atoms with E-state index in [1.807, 2.05) is 0 Å². The number of nitrogens with zero attached hydrogens (tertiary/aromatic N) is 1. The zero-order valence-electron chi connectivity index (χ0n) is 10.0. The summed E-state index contributed by atoms with van der Waals surface area (Å²) in [5.74, 6) is 7.47. The van der Waals surface area contributed by atoms with Crippen molar-refractivity contribution < 1.29 is 4.79 Å². The van der Waals surface area contributed by atoms with Gasteiger partial charge in [0.05, 0.1) is 6.54 Å². The third kappa shape index (κ3) is 4.48. The zero-order valence-corrected chi connectivity index (χ0v) is 10.0. The van der Waals surface area contributed by atoms with Gasteiger partial charge < -0.3 is 0 Å². The second-order valence-electron chi connectivity index (χ2n) is 4.64. The third-order valence-electron chi connectivity index (χ3n) is 2.86. The first-order valence-corrected chi connectivity index (χ1v) is 5.80. The van der Waals surface area contributed by atoms with Crippen LogP contribution in [0.4, 0.5) is 0 Å². The van der Waals surface area contributed by atoms with Crippen LogP contribution in [-0.4, -0.2) is 30.3 Å². The van der Waals surface area contributed by atoms with Gasteiger partial charge in [-0.05, 0) is 32.9 Å². The summed E-state index contributed by atoms with van der Waals surface area (Å²) in [5, 5.41) is 0.